The molecular formula is C14H11IN4O2. The van der Waals surface area contributed by atoms with Gasteiger partial charge in [-0.2, -0.15) is 0 Å². The van der Waals surface area contributed by atoms with E-state index in [1.165, 1.54) is 11.1 Å². The summed E-state index contributed by atoms with van der Waals surface area (Å²) in [6.45, 7) is 0. The first kappa shape index (κ1) is 13.8. The van der Waals surface area contributed by atoms with Crippen molar-refractivity contribution in [1.82, 2.24) is 15.0 Å². The molecule has 1 saturated heterocycles. The lowest BCUT2D eigenvalue weighted by molar-refractivity contribution is -0.117. The van der Waals surface area contributed by atoms with Crippen molar-refractivity contribution in [3.05, 3.63) is 51.6 Å². The second-order valence-corrected chi connectivity index (χ2v) is 5.76. The minimum absolute atomic E-state index is 0.0721. The largest absolute Gasteiger partial charge is 0.335 e. The fraction of sp³-hybridized carbons (Fsp3) is 0.0714. The zero-order valence-corrected chi connectivity index (χ0v) is 13.2. The van der Waals surface area contributed by atoms with Crippen molar-refractivity contribution in [2.24, 2.45) is 7.05 Å². The average molecular weight is 394 g/mol. The first-order valence-corrected chi connectivity index (χ1v) is 7.24. The van der Waals surface area contributed by atoms with E-state index in [4.69, 9.17) is 0 Å². The SMILES string of the molecule is Cn1ccnc1C=C1C(=O)NN(c2ccc(I)cc2)C1=O. The second kappa shape index (κ2) is 5.32. The lowest BCUT2D eigenvalue weighted by Crippen LogP contribution is -2.35. The maximum Gasteiger partial charge on any atom is 0.282 e. The average Bonchev–Trinajstić information content (AvgIpc) is 2.98. The van der Waals surface area contributed by atoms with Crippen molar-refractivity contribution in [1.29, 1.82) is 0 Å². The van der Waals surface area contributed by atoms with Gasteiger partial charge in [0.1, 0.15) is 11.4 Å². The van der Waals surface area contributed by atoms with E-state index in [0.29, 0.717) is 11.5 Å². The number of aryl methyl sites for hydroxylation is 1. The van der Waals surface area contributed by atoms with Crippen LogP contribution in [0.2, 0.25) is 0 Å². The van der Waals surface area contributed by atoms with Gasteiger partial charge in [0, 0.05) is 23.0 Å². The number of imidazole rings is 1. The number of hydrazine groups is 1. The molecule has 1 aromatic carbocycles. The van der Waals surface area contributed by atoms with Gasteiger partial charge in [-0.15, -0.1) is 0 Å². The lowest BCUT2D eigenvalue weighted by atomic mass is 10.2. The molecule has 0 atom stereocenters. The molecule has 1 aromatic heterocycles. The fourth-order valence-corrected chi connectivity index (χ4v) is 2.33. The Morgan fingerprint density at radius 2 is 1.95 bits per heavy atom. The zero-order chi connectivity index (χ0) is 15.0. The van der Waals surface area contributed by atoms with Crippen molar-refractivity contribution >= 4 is 46.2 Å². The molecule has 2 heterocycles. The van der Waals surface area contributed by atoms with Crippen molar-refractivity contribution < 1.29 is 9.59 Å². The van der Waals surface area contributed by atoms with Gasteiger partial charge in [-0.3, -0.25) is 15.0 Å². The van der Waals surface area contributed by atoms with Crippen LogP contribution in [0.5, 0.6) is 0 Å². The summed E-state index contributed by atoms with van der Waals surface area (Å²) in [5.41, 5.74) is 3.25. The van der Waals surface area contributed by atoms with Crippen LogP contribution in [0.15, 0.2) is 42.2 Å². The van der Waals surface area contributed by atoms with Gasteiger partial charge >= 0.3 is 0 Å². The molecule has 1 fully saturated rings. The number of nitrogens with zero attached hydrogens (tertiary/aromatic N) is 3. The van der Waals surface area contributed by atoms with Gasteiger partial charge < -0.3 is 4.57 Å². The molecular weight excluding hydrogens is 383 g/mol. The molecule has 1 N–H and O–H groups in total. The number of anilines is 1. The number of nitrogens with one attached hydrogen (secondary N) is 1. The molecule has 1 aliphatic rings. The first-order chi connectivity index (χ1) is 10.1. The number of carbonyl (C=O) groups is 2. The van der Waals surface area contributed by atoms with Crippen LogP contribution in [-0.4, -0.2) is 21.4 Å². The van der Waals surface area contributed by atoms with Crippen molar-refractivity contribution in [2.45, 2.75) is 0 Å². The number of carbonyl (C=O) groups excluding carboxylic acids is 2. The fourth-order valence-electron chi connectivity index (χ4n) is 1.97. The Bertz CT molecular complexity index is 749. The van der Waals surface area contributed by atoms with Crippen LogP contribution >= 0.6 is 22.6 Å². The summed E-state index contributed by atoms with van der Waals surface area (Å²) in [7, 11) is 1.80. The Morgan fingerprint density at radius 1 is 1.24 bits per heavy atom. The smallest absolute Gasteiger partial charge is 0.282 e. The minimum Gasteiger partial charge on any atom is -0.335 e. The maximum atomic E-state index is 12.4. The van der Waals surface area contributed by atoms with Crippen molar-refractivity contribution in [3.63, 3.8) is 0 Å². The van der Waals surface area contributed by atoms with Gasteiger partial charge in [-0.1, -0.05) is 0 Å². The molecule has 0 aliphatic carbocycles. The molecule has 2 amide bonds. The topological polar surface area (TPSA) is 67.2 Å². The van der Waals surface area contributed by atoms with Gasteiger partial charge in [0.15, 0.2) is 0 Å². The summed E-state index contributed by atoms with van der Waals surface area (Å²) >= 11 is 2.18. The molecule has 0 radical (unpaired) electrons. The standard InChI is InChI=1S/C14H11IN4O2/c1-18-7-6-16-12(18)8-11-13(20)17-19(14(11)21)10-4-2-9(15)3-5-10/h2-8H,1H3,(H,17,20). The van der Waals surface area contributed by atoms with Crippen LogP contribution in [0.3, 0.4) is 0 Å². The zero-order valence-electron chi connectivity index (χ0n) is 11.1. The number of amides is 2. The van der Waals surface area contributed by atoms with Gasteiger partial charge in [0.05, 0.1) is 5.69 Å². The highest BCUT2D eigenvalue weighted by molar-refractivity contribution is 14.1. The third-order valence-electron chi connectivity index (χ3n) is 3.11. The number of hydrogen-bond donors (Lipinski definition) is 1. The predicted octanol–water partition coefficient (Wildman–Crippen LogP) is 1.49. The number of hydrogen-bond acceptors (Lipinski definition) is 3. The molecule has 7 heteroatoms. The highest BCUT2D eigenvalue weighted by Gasteiger charge is 2.34. The second-order valence-electron chi connectivity index (χ2n) is 4.51. The van der Waals surface area contributed by atoms with E-state index in [0.717, 1.165) is 3.57 Å². The highest BCUT2D eigenvalue weighted by Crippen LogP contribution is 2.21. The molecule has 2 aromatic rings. The van der Waals surface area contributed by atoms with Crippen LogP contribution in [0.1, 0.15) is 5.82 Å². The minimum atomic E-state index is -0.429. The van der Waals surface area contributed by atoms with E-state index in [9.17, 15) is 9.59 Å². The Morgan fingerprint density at radius 3 is 2.57 bits per heavy atom. The third-order valence-corrected chi connectivity index (χ3v) is 3.83. The molecule has 3 rings (SSSR count). The van der Waals surface area contributed by atoms with E-state index in [2.05, 4.69) is 33.0 Å². The lowest BCUT2D eigenvalue weighted by Gasteiger charge is -2.14. The molecule has 0 saturated carbocycles. The third kappa shape index (κ3) is 2.56. The van der Waals surface area contributed by atoms with Crippen LogP contribution in [-0.2, 0) is 16.6 Å². The van der Waals surface area contributed by atoms with E-state index in [-0.39, 0.29) is 11.5 Å². The Hall–Kier alpha value is -2.16. The molecule has 0 spiro atoms. The first-order valence-electron chi connectivity index (χ1n) is 6.16. The van der Waals surface area contributed by atoms with Crippen LogP contribution in [0.4, 0.5) is 5.69 Å². The van der Waals surface area contributed by atoms with E-state index < -0.39 is 5.91 Å². The van der Waals surface area contributed by atoms with Gasteiger partial charge in [0.25, 0.3) is 11.8 Å². The van der Waals surface area contributed by atoms with Crippen molar-refractivity contribution in [2.75, 3.05) is 5.01 Å². The molecule has 6 nitrogen and oxygen atoms in total. The summed E-state index contributed by atoms with van der Waals surface area (Å²) in [5, 5.41) is 1.24. The Kier molecular flexibility index (Phi) is 3.50. The summed E-state index contributed by atoms with van der Waals surface area (Å²) < 4.78 is 2.79. The Labute approximate surface area is 134 Å². The van der Waals surface area contributed by atoms with Crippen LogP contribution < -0.4 is 10.4 Å². The Balaban J connectivity index is 1.94. The van der Waals surface area contributed by atoms with Crippen LogP contribution in [0, 0.1) is 3.57 Å². The number of aromatic nitrogens is 2. The van der Waals surface area contributed by atoms with E-state index >= 15 is 0 Å². The summed E-state index contributed by atoms with van der Waals surface area (Å²) in [5.74, 6) is -0.260. The number of benzene rings is 1. The van der Waals surface area contributed by atoms with E-state index in [1.807, 2.05) is 12.1 Å². The van der Waals surface area contributed by atoms with E-state index in [1.54, 1.807) is 36.1 Å². The summed E-state index contributed by atoms with van der Waals surface area (Å²) in [6.07, 6.45) is 4.85. The molecule has 0 bridgehead atoms. The highest BCUT2D eigenvalue weighted by atomic mass is 127. The van der Waals surface area contributed by atoms with Crippen LogP contribution in [0.25, 0.3) is 6.08 Å². The monoisotopic (exact) mass is 394 g/mol. The van der Waals surface area contributed by atoms with Gasteiger partial charge in [-0.05, 0) is 52.9 Å². The normalized spacial score (nSPS) is 16.7. The number of rotatable bonds is 2. The molecule has 1 aliphatic heterocycles. The summed E-state index contributed by atoms with van der Waals surface area (Å²) in [4.78, 5) is 28.5. The number of halogens is 1. The molecule has 0 unspecified atom stereocenters. The molecule has 21 heavy (non-hydrogen) atoms. The molecule has 106 valence electrons. The predicted molar refractivity (Wildman–Crippen MR) is 86.0 cm³/mol. The quantitative estimate of drug-likeness (QED) is 0.477. The maximum absolute atomic E-state index is 12.4. The van der Waals surface area contributed by atoms with Crippen molar-refractivity contribution in [3.8, 4) is 0 Å². The van der Waals surface area contributed by atoms with Gasteiger partial charge in [0.2, 0.25) is 0 Å². The van der Waals surface area contributed by atoms with Gasteiger partial charge in [-0.25, -0.2) is 9.99 Å². The summed E-state index contributed by atoms with van der Waals surface area (Å²) in [6, 6.07) is 7.30.